The molecule has 3 nitrogen and oxygen atoms in total. The van der Waals surface area contributed by atoms with Gasteiger partial charge in [-0.3, -0.25) is 11.3 Å². The van der Waals surface area contributed by atoms with Gasteiger partial charge in [0.25, 0.3) is 0 Å². The molecule has 0 aromatic heterocycles. The number of nitrogens with one attached hydrogen (secondary N) is 1. The summed E-state index contributed by atoms with van der Waals surface area (Å²) in [7, 11) is 0. The number of ether oxygens (including phenoxy) is 1. The zero-order chi connectivity index (χ0) is 12.1. The predicted molar refractivity (Wildman–Crippen MR) is 67.1 cm³/mol. The third-order valence-corrected chi connectivity index (χ3v) is 2.85. The molecule has 0 fully saturated rings. The normalized spacial score (nSPS) is 14.8. The van der Waals surface area contributed by atoms with Gasteiger partial charge in [-0.2, -0.15) is 0 Å². The minimum atomic E-state index is 0.0415. The summed E-state index contributed by atoms with van der Waals surface area (Å²) in [5, 5.41) is 0. The lowest BCUT2D eigenvalue weighted by atomic mass is 9.96. The molecule has 0 bridgehead atoms. The summed E-state index contributed by atoms with van der Waals surface area (Å²) in [6.45, 7) is 8.91. The minimum absolute atomic E-state index is 0.0415. The van der Waals surface area contributed by atoms with E-state index in [1.807, 2.05) is 13.8 Å². The second-order valence-electron chi connectivity index (χ2n) is 4.16. The molecule has 2 atom stereocenters. The molecule has 0 amide bonds. The fourth-order valence-corrected chi connectivity index (χ4v) is 1.93. The number of hydrazine groups is 1. The van der Waals surface area contributed by atoms with Crippen molar-refractivity contribution < 1.29 is 4.74 Å². The Balaban J connectivity index is 2.98. The predicted octanol–water partition coefficient (Wildman–Crippen LogP) is 2.23. The quantitative estimate of drug-likeness (QED) is 0.593. The lowest BCUT2D eigenvalue weighted by molar-refractivity contribution is 0.0471. The maximum absolute atomic E-state index is 5.62. The first-order valence-electron chi connectivity index (χ1n) is 5.75. The number of benzene rings is 1. The third kappa shape index (κ3) is 3.04. The van der Waals surface area contributed by atoms with Crippen LogP contribution in [0.15, 0.2) is 18.2 Å². The Morgan fingerprint density at radius 2 is 2.06 bits per heavy atom. The topological polar surface area (TPSA) is 47.3 Å². The van der Waals surface area contributed by atoms with Crippen LogP contribution in [-0.4, -0.2) is 12.7 Å². The van der Waals surface area contributed by atoms with E-state index in [2.05, 4.69) is 37.5 Å². The SMILES string of the molecule is CCOC(C)C(NN)c1cc(C)ccc1C. The van der Waals surface area contributed by atoms with Gasteiger partial charge in [-0.1, -0.05) is 23.8 Å². The van der Waals surface area contributed by atoms with Gasteiger partial charge in [0.15, 0.2) is 0 Å². The summed E-state index contributed by atoms with van der Waals surface area (Å²) in [4.78, 5) is 0. The van der Waals surface area contributed by atoms with Crippen molar-refractivity contribution in [3.63, 3.8) is 0 Å². The number of nitrogens with two attached hydrogens (primary N) is 1. The molecule has 0 radical (unpaired) electrons. The molecule has 0 heterocycles. The van der Waals surface area contributed by atoms with Crippen LogP contribution < -0.4 is 11.3 Å². The molecule has 1 aromatic carbocycles. The summed E-state index contributed by atoms with van der Waals surface area (Å²) in [5.74, 6) is 5.62. The molecule has 0 saturated carbocycles. The van der Waals surface area contributed by atoms with Crippen LogP contribution in [0.3, 0.4) is 0 Å². The van der Waals surface area contributed by atoms with Gasteiger partial charge in [-0.25, -0.2) is 0 Å². The summed E-state index contributed by atoms with van der Waals surface area (Å²) in [5.41, 5.74) is 6.53. The Bertz CT molecular complexity index is 339. The largest absolute Gasteiger partial charge is 0.377 e. The van der Waals surface area contributed by atoms with E-state index in [0.717, 1.165) is 0 Å². The Hall–Kier alpha value is -0.900. The van der Waals surface area contributed by atoms with Gasteiger partial charge in [0.1, 0.15) is 0 Å². The summed E-state index contributed by atoms with van der Waals surface area (Å²) in [6.07, 6.45) is 0.0653. The number of hydrogen-bond acceptors (Lipinski definition) is 3. The molecule has 0 aliphatic rings. The summed E-state index contributed by atoms with van der Waals surface area (Å²) >= 11 is 0. The highest BCUT2D eigenvalue weighted by Gasteiger charge is 2.19. The molecule has 1 aromatic rings. The van der Waals surface area contributed by atoms with E-state index in [0.29, 0.717) is 6.61 Å². The first-order valence-corrected chi connectivity index (χ1v) is 5.75. The molecule has 1 rings (SSSR count). The molecular weight excluding hydrogens is 200 g/mol. The average molecular weight is 222 g/mol. The van der Waals surface area contributed by atoms with Crippen molar-refractivity contribution in [3.8, 4) is 0 Å². The highest BCUT2D eigenvalue weighted by Crippen LogP contribution is 2.23. The van der Waals surface area contributed by atoms with Gasteiger partial charge in [0.2, 0.25) is 0 Å². The minimum Gasteiger partial charge on any atom is -0.377 e. The second-order valence-corrected chi connectivity index (χ2v) is 4.16. The van der Waals surface area contributed by atoms with Gasteiger partial charge < -0.3 is 4.74 Å². The molecule has 2 unspecified atom stereocenters. The van der Waals surface area contributed by atoms with Gasteiger partial charge in [0, 0.05) is 6.61 Å². The van der Waals surface area contributed by atoms with E-state index in [1.165, 1.54) is 16.7 Å². The Kier molecular flexibility index (Phi) is 4.93. The van der Waals surface area contributed by atoms with Crippen LogP contribution in [0, 0.1) is 13.8 Å². The zero-order valence-electron chi connectivity index (χ0n) is 10.6. The maximum atomic E-state index is 5.62. The van der Waals surface area contributed by atoms with Gasteiger partial charge in [0.05, 0.1) is 12.1 Å². The Labute approximate surface area is 98.0 Å². The fourth-order valence-electron chi connectivity index (χ4n) is 1.93. The van der Waals surface area contributed by atoms with Crippen LogP contribution in [0.4, 0.5) is 0 Å². The van der Waals surface area contributed by atoms with E-state index in [9.17, 15) is 0 Å². The van der Waals surface area contributed by atoms with E-state index in [-0.39, 0.29) is 12.1 Å². The molecule has 90 valence electrons. The van der Waals surface area contributed by atoms with Crippen LogP contribution in [-0.2, 0) is 4.74 Å². The van der Waals surface area contributed by atoms with Crippen molar-refractivity contribution >= 4 is 0 Å². The lowest BCUT2D eigenvalue weighted by Crippen LogP contribution is -2.37. The standard InChI is InChI=1S/C13H22N2O/c1-5-16-11(4)13(15-14)12-8-9(2)6-7-10(12)3/h6-8,11,13,15H,5,14H2,1-4H3. The van der Waals surface area contributed by atoms with Crippen molar-refractivity contribution in [3.05, 3.63) is 34.9 Å². The van der Waals surface area contributed by atoms with Crippen LogP contribution in [0.2, 0.25) is 0 Å². The van der Waals surface area contributed by atoms with E-state index in [4.69, 9.17) is 10.6 Å². The molecule has 0 saturated heterocycles. The molecule has 0 aliphatic heterocycles. The molecule has 16 heavy (non-hydrogen) atoms. The van der Waals surface area contributed by atoms with Crippen molar-refractivity contribution in [1.82, 2.24) is 5.43 Å². The molecule has 0 spiro atoms. The Morgan fingerprint density at radius 3 is 2.62 bits per heavy atom. The van der Waals surface area contributed by atoms with E-state index < -0.39 is 0 Å². The molecular formula is C13H22N2O. The highest BCUT2D eigenvalue weighted by atomic mass is 16.5. The first kappa shape index (κ1) is 13.2. The summed E-state index contributed by atoms with van der Waals surface area (Å²) in [6, 6.07) is 6.43. The van der Waals surface area contributed by atoms with Gasteiger partial charge in [-0.15, -0.1) is 0 Å². The number of hydrogen-bond donors (Lipinski definition) is 2. The second kappa shape index (κ2) is 5.99. The maximum Gasteiger partial charge on any atom is 0.0754 e. The molecule has 0 aliphatic carbocycles. The zero-order valence-corrected chi connectivity index (χ0v) is 10.6. The van der Waals surface area contributed by atoms with E-state index in [1.54, 1.807) is 0 Å². The van der Waals surface area contributed by atoms with Crippen molar-refractivity contribution in [2.45, 2.75) is 39.8 Å². The van der Waals surface area contributed by atoms with Crippen LogP contribution in [0.5, 0.6) is 0 Å². The van der Waals surface area contributed by atoms with Crippen LogP contribution in [0.25, 0.3) is 0 Å². The van der Waals surface area contributed by atoms with Gasteiger partial charge >= 0.3 is 0 Å². The monoisotopic (exact) mass is 222 g/mol. The number of aryl methyl sites for hydroxylation is 2. The number of rotatable bonds is 5. The Morgan fingerprint density at radius 1 is 1.38 bits per heavy atom. The fraction of sp³-hybridized carbons (Fsp3) is 0.538. The lowest BCUT2D eigenvalue weighted by Gasteiger charge is -2.25. The first-order chi connectivity index (χ1) is 7.60. The van der Waals surface area contributed by atoms with E-state index >= 15 is 0 Å². The summed E-state index contributed by atoms with van der Waals surface area (Å²) < 4.78 is 5.60. The van der Waals surface area contributed by atoms with Crippen molar-refractivity contribution in [2.75, 3.05) is 6.61 Å². The average Bonchev–Trinajstić information content (AvgIpc) is 2.24. The molecule has 3 N–H and O–H groups in total. The van der Waals surface area contributed by atoms with Crippen molar-refractivity contribution in [1.29, 1.82) is 0 Å². The van der Waals surface area contributed by atoms with Gasteiger partial charge in [-0.05, 0) is 38.8 Å². The highest BCUT2D eigenvalue weighted by molar-refractivity contribution is 5.33. The smallest absolute Gasteiger partial charge is 0.0754 e. The van der Waals surface area contributed by atoms with Crippen LogP contribution >= 0.6 is 0 Å². The van der Waals surface area contributed by atoms with Crippen LogP contribution in [0.1, 0.15) is 36.6 Å². The molecule has 3 heteroatoms. The third-order valence-electron chi connectivity index (χ3n) is 2.85. The van der Waals surface area contributed by atoms with Crippen molar-refractivity contribution in [2.24, 2.45) is 5.84 Å².